The van der Waals surface area contributed by atoms with Crippen molar-refractivity contribution in [3.63, 3.8) is 0 Å². The molecule has 4 nitrogen and oxygen atoms in total. The Bertz CT molecular complexity index is 417. The number of carbonyl (C=O) groups is 1. The van der Waals surface area contributed by atoms with Gasteiger partial charge in [-0.15, -0.1) is 13.2 Å². The molecule has 4 N–H and O–H groups in total. The molecule has 0 bridgehead atoms. The molecule has 1 aromatic carbocycles. The van der Waals surface area contributed by atoms with Gasteiger partial charge in [0.2, 0.25) is 5.91 Å². The number of halogens is 3. The molecule has 7 heteroatoms. The normalized spacial score (nSPS) is 14.9. The van der Waals surface area contributed by atoms with Crippen LogP contribution in [0.15, 0.2) is 24.3 Å². The quantitative estimate of drug-likeness (QED) is 0.863. The van der Waals surface area contributed by atoms with Crippen LogP contribution in [0.4, 0.5) is 13.2 Å². The van der Waals surface area contributed by atoms with Gasteiger partial charge in [-0.05, 0) is 17.7 Å². The molecule has 0 aliphatic rings. The third-order valence-electron chi connectivity index (χ3n) is 2.51. The zero-order chi connectivity index (χ0) is 13.9. The van der Waals surface area contributed by atoms with E-state index in [0.29, 0.717) is 5.56 Å². The lowest BCUT2D eigenvalue weighted by molar-refractivity contribution is -0.274. The summed E-state index contributed by atoms with van der Waals surface area (Å²) in [7, 11) is 0. The Balaban J connectivity index is 2.80. The Morgan fingerprint density at radius 3 is 2.17 bits per heavy atom. The molecule has 0 fully saturated rings. The van der Waals surface area contributed by atoms with E-state index < -0.39 is 18.3 Å². The van der Waals surface area contributed by atoms with Gasteiger partial charge < -0.3 is 16.2 Å². The summed E-state index contributed by atoms with van der Waals surface area (Å²) in [6.45, 7) is 1.66. The van der Waals surface area contributed by atoms with Gasteiger partial charge in [0.25, 0.3) is 0 Å². The minimum absolute atomic E-state index is 0.328. The molecule has 1 amide bonds. The second-order valence-electron chi connectivity index (χ2n) is 3.83. The van der Waals surface area contributed by atoms with Crippen LogP contribution in [0.2, 0.25) is 0 Å². The molecule has 18 heavy (non-hydrogen) atoms. The van der Waals surface area contributed by atoms with E-state index in [0.717, 1.165) is 12.1 Å². The molecule has 2 atom stereocenters. The predicted molar refractivity (Wildman–Crippen MR) is 58.7 cm³/mol. The van der Waals surface area contributed by atoms with Crippen LogP contribution in [0, 0.1) is 0 Å². The topological polar surface area (TPSA) is 78.3 Å². The minimum atomic E-state index is -4.73. The average molecular weight is 262 g/mol. The largest absolute Gasteiger partial charge is 0.573 e. The van der Waals surface area contributed by atoms with Gasteiger partial charge in [-0.3, -0.25) is 4.79 Å². The highest BCUT2D eigenvalue weighted by Crippen LogP contribution is 2.25. The third-order valence-corrected chi connectivity index (χ3v) is 2.51. The van der Waals surface area contributed by atoms with Gasteiger partial charge in [0, 0.05) is 5.92 Å². The maximum absolute atomic E-state index is 11.9. The van der Waals surface area contributed by atoms with Crippen molar-refractivity contribution in [1.29, 1.82) is 0 Å². The summed E-state index contributed by atoms with van der Waals surface area (Å²) in [4.78, 5) is 10.9. The van der Waals surface area contributed by atoms with Crippen LogP contribution >= 0.6 is 0 Å². The summed E-state index contributed by atoms with van der Waals surface area (Å²) in [5.41, 5.74) is 11.2. The Morgan fingerprint density at radius 1 is 1.28 bits per heavy atom. The lowest BCUT2D eigenvalue weighted by atomic mass is 9.93. The SMILES string of the molecule is CC(c1ccc(OC(F)(F)F)cc1)C(N)C(N)=O. The molecule has 0 heterocycles. The molecule has 1 rings (SSSR count). The number of nitrogens with two attached hydrogens (primary N) is 2. The van der Waals surface area contributed by atoms with Crippen LogP contribution in [-0.2, 0) is 4.79 Å². The van der Waals surface area contributed by atoms with Crippen molar-refractivity contribution in [2.75, 3.05) is 0 Å². The number of ether oxygens (including phenoxy) is 1. The first-order chi connectivity index (χ1) is 8.20. The van der Waals surface area contributed by atoms with Crippen LogP contribution in [0.5, 0.6) is 5.75 Å². The van der Waals surface area contributed by atoms with Gasteiger partial charge in [-0.1, -0.05) is 19.1 Å². The first-order valence-electron chi connectivity index (χ1n) is 5.11. The number of benzene rings is 1. The number of hydrogen-bond acceptors (Lipinski definition) is 3. The van der Waals surface area contributed by atoms with Crippen LogP contribution in [0.1, 0.15) is 18.4 Å². The van der Waals surface area contributed by atoms with Crippen LogP contribution < -0.4 is 16.2 Å². The van der Waals surface area contributed by atoms with Crippen LogP contribution in [0.25, 0.3) is 0 Å². The molecule has 100 valence electrons. The van der Waals surface area contributed by atoms with Crippen molar-refractivity contribution in [2.24, 2.45) is 11.5 Å². The molecule has 0 aromatic heterocycles. The number of amides is 1. The Kier molecular flexibility index (Phi) is 4.18. The molecule has 0 saturated heterocycles. The van der Waals surface area contributed by atoms with Gasteiger partial charge >= 0.3 is 6.36 Å². The summed E-state index contributed by atoms with van der Waals surface area (Å²) in [6, 6.07) is 4.25. The van der Waals surface area contributed by atoms with Crippen molar-refractivity contribution in [3.8, 4) is 5.75 Å². The van der Waals surface area contributed by atoms with Crippen LogP contribution in [0.3, 0.4) is 0 Å². The molecular formula is C11H13F3N2O2. The fourth-order valence-corrected chi connectivity index (χ4v) is 1.43. The maximum Gasteiger partial charge on any atom is 0.573 e. The zero-order valence-corrected chi connectivity index (χ0v) is 9.57. The van der Waals surface area contributed by atoms with E-state index in [1.54, 1.807) is 6.92 Å². The molecule has 0 spiro atoms. The molecular weight excluding hydrogens is 249 g/mol. The summed E-state index contributed by atoms with van der Waals surface area (Å²) < 4.78 is 39.5. The summed E-state index contributed by atoms with van der Waals surface area (Å²) in [5, 5.41) is 0. The maximum atomic E-state index is 11.9. The number of hydrogen-bond donors (Lipinski definition) is 2. The minimum Gasteiger partial charge on any atom is -0.406 e. The molecule has 0 aliphatic heterocycles. The number of alkyl halides is 3. The monoisotopic (exact) mass is 262 g/mol. The van der Waals surface area contributed by atoms with Gasteiger partial charge in [0.15, 0.2) is 0 Å². The molecule has 2 unspecified atom stereocenters. The van der Waals surface area contributed by atoms with E-state index >= 15 is 0 Å². The zero-order valence-electron chi connectivity index (χ0n) is 9.57. The highest BCUT2D eigenvalue weighted by Gasteiger charge is 2.31. The number of primary amides is 1. The Morgan fingerprint density at radius 2 is 1.78 bits per heavy atom. The standard InChI is InChI=1S/C11H13F3N2O2/c1-6(9(15)10(16)17)7-2-4-8(5-3-7)18-11(12,13)14/h2-6,9H,15H2,1H3,(H2,16,17). The lowest BCUT2D eigenvalue weighted by Crippen LogP contribution is -2.40. The van der Waals surface area contributed by atoms with E-state index in [9.17, 15) is 18.0 Å². The van der Waals surface area contributed by atoms with Crippen molar-refractivity contribution < 1.29 is 22.7 Å². The fourth-order valence-electron chi connectivity index (χ4n) is 1.43. The Labute approximate surface area is 102 Å². The van der Waals surface area contributed by atoms with E-state index in [-0.39, 0.29) is 11.7 Å². The van der Waals surface area contributed by atoms with Crippen molar-refractivity contribution in [2.45, 2.75) is 25.2 Å². The average Bonchev–Trinajstić information content (AvgIpc) is 2.26. The summed E-state index contributed by atoms with van der Waals surface area (Å²) >= 11 is 0. The highest BCUT2D eigenvalue weighted by atomic mass is 19.4. The van der Waals surface area contributed by atoms with Gasteiger partial charge in [-0.2, -0.15) is 0 Å². The van der Waals surface area contributed by atoms with Crippen molar-refractivity contribution >= 4 is 5.91 Å². The van der Waals surface area contributed by atoms with E-state index in [1.165, 1.54) is 12.1 Å². The number of carbonyl (C=O) groups excluding carboxylic acids is 1. The van der Waals surface area contributed by atoms with Crippen molar-refractivity contribution in [3.05, 3.63) is 29.8 Å². The molecule has 0 saturated carbocycles. The Hall–Kier alpha value is -1.76. The summed E-state index contributed by atoms with van der Waals surface area (Å²) in [6.07, 6.45) is -4.73. The number of rotatable bonds is 4. The molecule has 0 radical (unpaired) electrons. The van der Waals surface area contributed by atoms with Crippen LogP contribution in [-0.4, -0.2) is 18.3 Å². The first-order valence-corrected chi connectivity index (χ1v) is 5.11. The second kappa shape index (κ2) is 5.26. The third kappa shape index (κ3) is 3.92. The first kappa shape index (κ1) is 14.3. The van der Waals surface area contributed by atoms with Crippen molar-refractivity contribution in [1.82, 2.24) is 0 Å². The molecule has 1 aromatic rings. The predicted octanol–water partition coefficient (Wildman–Crippen LogP) is 1.50. The van der Waals surface area contributed by atoms with Gasteiger partial charge in [-0.25, -0.2) is 0 Å². The van der Waals surface area contributed by atoms with Gasteiger partial charge in [0.05, 0.1) is 6.04 Å². The highest BCUT2D eigenvalue weighted by molar-refractivity contribution is 5.80. The second-order valence-corrected chi connectivity index (χ2v) is 3.83. The summed E-state index contributed by atoms with van der Waals surface area (Å²) in [5.74, 6) is -1.38. The van der Waals surface area contributed by atoms with E-state index in [2.05, 4.69) is 4.74 Å². The smallest absolute Gasteiger partial charge is 0.406 e. The van der Waals surface area contributed by atoms with Gasteiger partial charge in [0.1, 0.15) is 5.75 Å². The van der Waals surface area contributed by atoms with E-state index in [4.69, 9.17) is 11.5 Å². The fraction of sp³-hybridized carbons (Fsp3) is 0.364. The lowest BCUT2D eigenvalue weighted by Gasteiger charge is -2.17. The van der Waals surface area contributed by atoms with E-state index in [1.807, 2.05) is 0 Å². The molecule has 0 aliphatic carbocycles.